The molecule has 2 aromatic rings. The van der Waals surface area contributed by atoms with Crippen LogP contribution in [0.5, 0.6) is 0 Å². The lowest BCUT2D eigenvalue weighted by Gasteiger charge is -2.13. The molecule has 0 spiro atoms. The van der Waals surface area contributed by atoms with Gasteiger partial charge in [0.1, 0.15) is 5.82 Å². The number of hydrogen-bond acceptors (Lipinski definition) is 2. The van der Waals surface area contributed by atoms with Gasteiger partial charge in [-0.2, -0.15) is 13.2 Å². The van der Waals surface area contributed by atoms with E-state index in [1.807, 2.05) is 0 Å². The predicted octanol–water partition coefficient (Wildman–Crippen LogP) is 4.82. The molecule has 0 fully saturated rings. The number of hydrogen-bond donors (Lipinski definition) is 2. The molecular formula is C13H9ClF4N2. The van der Waals surface area contributed by atoms with E-state index in [1.165, 1.54) is 12.1 Å². The second kappa shape index (κ2) is 5.20. The molecule has 0 amide bonds. The molecule has 3 N–H and O–H groups in total. The van der Waals surface area contributed by atoms with Crippen molar-refractivity contribution in [2.45, 2.75) is 6.18 Å². The first-order valence-corrected chi connectivity index (χ1v) is 5.83. The normalized spacial score (nSPS) is 11.4. The van der Waals surface area contributed by atoms with Crippen LogP contribution in [0.4, 0.5) is 34.6 Å². The van der Waals surface area contributed by atoms with Gasteiger partial charge in [-0.15, -0.1) is 0 Å². The van der Waals surface area contributed by atoms with Crippen LogP contribution in [0, 0.1) is 5.82 Å². The summed E-state index contributed by atoms with van der Waals surface area (Å²) in [5.74, 6) is -0.532. The molecule has 0 saturated carbocycles. The number of rotatable bonds is 2. The number of nitrogens with one attached hydrogen (secondary N) is 1. The average Bonchev–Trinajstić information content (AvgIpc) is 2.31. The van der Waals surface area contributed by atoms with Crippen molar-refractivity contribution in [3.63, 3.8) is 0 Å². The minimum Gasteiger partial charge on any atom is -0.397 e. The largest absolute Gasteiger partial charge is 0.416 e. The maximum atomic E-state index is 12.9. The van der Waals surface area contributed by atoms with E-state index in [4.69, 9.17) is 17.3 Å². The molecule has 2 nitrogen and oxygen atoms in total. The Labute approximate surface area is 117 Å². The van der Waals surface area contributed by atoms with Gasteiger partial charge >= 0.3 is 6.18 Å². The molecule has 0 heterocycles. The molecule has 0 aliphatic rings. The second-order valence-electron chi connectivity index (χ2n) is 4.08. The standard InChI is InChI=1S/C13H9ClF4N2/c14-8-3-7(13(16,17)18)4-10(5-8)20-12-2-1-9(15)6-11(12)19/h1-6,20H,19H2. The molecule has 0 atom stereocenters. The molecule has 0 aliphatic heterocycles. The molecule has 7 heteroatoms. The van der Waals surface area contributed by atoms with Crippen LogP contribution < -0.4 is 11.1 Å². The Hall–Kier alpha value is -1.95. The molecule has 0 bridgehead atoms. The lowest BCUT2D eigenvalue weighted by Crippen LogP contribution is -2.06. The predicted molar refractivity (Wildman–Crippen MR) is 70.5 cm³/mol. The first-order valence-electron chi connectivity index (χ1n) is 5.45. The lowest BCUT2D eigenvalue weighted by atomic mass is 10.2. The van der Waals surface area contributed by atoms with E-state index < -0.39 is 17.6 Å². The lowest BCUT2D eigenvalue weighted by molar-refractivity contribution is -0.137. The molecule has 0 aromatic heterocycles. The van der Waals surface area contributed by atoms with E-state index in [-0.39, 0.29) is 16.4 Å². The quantitative estimate of drug-likeness (QED) is 0.616. The van der Waals surface area contributed by atoms with Crippen molar-refractivity contribution in [3.8, 4) is 0 Å². The van der Waals surface area contributed by atoms with Gasteiger partial charge in [-0.25, -0.2) is 4.39 Å². The smallest absolute Gasteiger partial charge is 0.397 e. The van der Waals surface area contributed by atoms with Crippen LogP contribution in [0.1, 0.15) is 5.56 Å². The number of alkyl halides is 3. The molecule has 0 unspecified atom stereocenters. The zero-order chi connectivity index (χ0) is 14.9. The highest BCUT2D eigenvalue weighted by molar-refractivity contribution is 6.31. The van der Waals surface area contributed by atoms with Crippen molar-refractivity contribution in [1.82, 2.24) is 0 Å². The molecule has 2 rings (SSSR count). The Morgan fingerprint density at radius 2 is 1.75 bits per heavy atom. The van der Waals surface area contributed by atoms with Gasteiger partial charge in [-0.3, -0.25) is 0 Å². The van der Waals surface area contributed by atoms with Crippen LogP contribution in [0.2, 0.25) is 5.02 Å². The van der Waals surface area contributed by atoms with Crippen LogP contribution in [-0.4, -0.2) is 0 Å². The summed E-state index contributed by atoms with van der Waals surface area (Å²) in [5, 5.41) is 2.61. The first-order chi connectivity index (χ1) is 9.25. The van der Waals surface area contributed by atoms with Gasteiger partial charge in [0.15, 0.2) is 0 Å². The third-order valence-corrected chi connectivity index (χ3v) is 2.74. The Morgan fingerprint density at radius 3 is 2.35 bits per heavy atom. The van der Waals surface area contributed by atoms with Gasteiger partial charge in [-0.05, 0) is 36.4 Å². The van der Waals surface area contributed by atoms with E-state index >= 15 is 0 Å². The summed E-state index contributed by atoms with van der Waals surface area (Å²) in [6, 6.07) is 6.58. The molecule has 106 valence electrons. The summed E-state index contributed by atoms with van der Waals surface area (Å²) >= 11 is 5.66. The third kappa shape index (κ3) is 3.33. The summed E-state index contributed by atoms with van der Waals surface area (Å²) in [4.78, 5) is 0. The highest BCUT2D eigenvalue weighted by atomic mass is 35.5. The number of halogens is 5. The first kappa shape index (κ1) is 14.5. The van der Waals surface area contributed by atoms with Gasteiger partial charge in [0.25, 0.3) is 0 Å². The van der Waals surface area contributed by atoms with Crippen molar-refractivity contribution in [2.75, 3.05) is 11.1 Å². The Bertz CT molecular complexity index is 641. The van der Waals surface area contributed by atoms with E-state index in [0.717, 1.165) is 24.3 Å². The average molecular weight is 305 g/mol. The van der Waals surface area contributed by atoms with Crippen LogP contribution in [0.15, 0.2) is 36.4 Å². The fourth-order valence-corrected chi connectivity index (χ4v) is 1.86. The van der Waals surface area contributed by atoms with E-state index in [1.54, 1.807) is 0 Å². The maximum absolute atomic E-state index is 12.9. The topological polar surface area (TPSA) is 38.0 Å². The number of benzene rings is 2. The Balaban J connectivity index is 2.36. The second-order valence-corrected chi connectivity index (χ2v) is 4.52. The van der Waals surface area contributed by atoms with Gasteiger partial charge in [0.2, 0.25) is 0 Å². The Morgan fingerprint density at radius 1 is 1.05 bits per heavy atom. The minimum absolute atomic E-state index is 0.0667. The monoisotopic (exact) mass is 304 g/mol. The number of nitrogens with two attached hydrogens (primary N) is 1. The van der Waals surface area contributed by atoms with Gasteiger partial charge in [0, 0.05) is 10.7 Å². The van der Waals surface area contributed by atoms with Crippen LogP contribution >= 0.6 is 11.6 Å². The van der Waals surface area contributed by atoms with Gasteiger partial charge in [0.05, 0.1) is 16.9 Å². The summed E-state index contributed by atoms with van der Waals surface area (Å²) < 4.78 is 50.9. The van der Waals surface area contributed by atoms with E-state index in [9.17, 15) is 17.6 Å². The van der Waals surface area contributed by atoms with Crippen molar-refractivity contribution >= 4 is 28.7 Å². The van der Waals surface area contributed by atoms with Crippen molar-refractivity contribution in [1.29, 1.82) is 0 Å². The molecule has 0 radical (unpaired) electrons. The summed E-state index contributed by atoms with van der Waals surface area (Å²) in [7, 11) is 0. The SMILES string of the molecule is Nc1cc(F)ccc1Nc1cc(Cl)cc(C(F)(F)F)c1. The van der Waals surface area contributed by atoms with Crippen molar-refractivity contribution < 1.29 is 17.6 Å². The van der Waals surface area contributed by atoms with Crippen molar-refractivity contribution in [2.24, 2.45) is 0 Å². The van der Waals surface area contributed by atoms with Crippen LogP contribution in [0.3, 0.4) is 0 Å². The Kier molecular flexibility index (Phi) is 3.76. The van der Waals surface area contributed by atoms with Crippen LogP contribution in [0.25, 0.3) is 0 Å². The summed E-state index contributed by atoms with van der Waals surface area (Å²) in [6.07, 6.45) is -4.50. The number of nitrogen functional groups attached to an aromatic ring is 1. The number of anilines is 3. The zero-order valence-electron chi connectivity index (χ0n) is 9.93. The van der Waals surface area contributed by atoms with Crippen molar-refractivity contribution in [3.05, 3.63) is 52.8 Å². The van der Waals surface area contributed by atoms with Crippen LogP contribution in [-0.2, 0) is 6.18 Å². The highest BCUT2D eigenvalue weighted by Crippen LogP contribution is 2.34. The third-order valence-electron chi connectivity index (χ3n) is 2.52. The molecule has 0 saturated heterocycles. The van der Waals surface area contributed by atoms with Gasteiger partial charge in [-0.1, -0.05) is 11.6 Å². The fraction of sp³-hybridized carbons (Fsp3) is 0.0769. The van der Waals surface area contributed by atoms with E-state index in [2.05, 4.69) is 5.32 Å². The molecule has 0 aliphatic carbocycles. The minimum atomic E-state index is -4.50. The fourth-order valence-electron chi connectivity index (χ4n) is 1.63. The molecule has 20 heavy (non-hydrogen) atoms. The molecule has 2 aromatic carbocycles. The van der Waals surface area contributed by atoms with E-state index in [0.29, 0.717) is 5.69 Å². The summed E-state index contributed by atoms with van der Waals surface area (Å²) in [6.45, 7) is 0. The molecular weight excluding hydrogens is 296 g/mol. The summed E-state index contributed by atoms with van der Waals surface area (Å²) in [5.41, 5.74) is 5.18. The highest BCUT2D eigenvalue weighted by Gasteiger charge is 2.31. The maximum Gasteiger partial charge on any atom is 0.416 e. The zero-order valence-corrected chi connectivity index (χ0v) is 10.7. The van der Waals surface area contributed by atoms with Gasteiger partial charge < -0.3 is 11.1 Å².